The van der Waals surface area contributed by atoms with Crippen molar-refractivity contribution in [1.82, 2.24) is 0 Å². The number of nitrogens with zero attached hydrogens (tertiary/aromatic N) is 2. The number of alkyl halides is 1. The Hall–Kier alpha value is -0.480. The molecule has 1 amide bonds. The summed E-state index contributed by atoms with van der Waals surface area (Å²) >= 11 is 24.3. The molecule has 1 aliphatic rings. The Morgan fingerprint density at radius 2 is 1.95 bits per heavy atom. The molecule has 1 aromatic carbocycles. The number of carbonyl (C=O) groups is 1. The minimum atomic E-state index is -1.32. The van der Waals surface area contributed by atoms with E-state index in [4.69, 9.17) is 46.4 Å². The van der Waals surface area contributed by atoms with Gasteiger partial charge in [-0.3, -0.25) is 4.79 Å². The normalized spacial score (nSPS) is 24.0. The zero-order valence-electron chi connectivity index (χ0n) is 10.8. The van der Waals surface area contributed by atoms with E-state index in [0.29, 0.717) is 22.2 Å². The van der Waals surface area contributed by atoms with Crippen LogP contribution in [0, 0.1) is 5.92 Å². The quantitative estimate of drug-likeness (QED) is 0.710. The van der Waals surface area contributed by atoms with Gasteiger partial charge in [-0.25, -0.2) is 0 Å². The topological polar surface area (TPSA) is 32.7 Å². The second-order valence-electron chi connectivity index (χ2n) is 4.63. The number of hydrogen-bond acceptors (Lipinski definition) is 2. The summed E-state index contributed by atoms with van der Waals surface area (Å²) < 4.78 is 0. The minimum absolute atomic E-state index is 0.0737. The number of rotatable bonds is 3. The van der Waals surface area contributed by atoms with Crippen molar-refractivity contribution in [3.05, 3.63) is 28.2 Å². The number of benzene rings is 1. The van der Waals surface area contributed by atoms with Crippen LogP contribution < -0.4 is 5.01 Å². The lowest BCUT2D eigenvalue weighted by molar-refractivity contribution is -0.119. The first kappa shape index (κ1) is 15.9. The highest BCUT2D eigenvalue weighted by Gasteiger charge is 2.53. The maximum Gasteiger partial charge on any atom is 0.276 e. The molecule has 1 heterocycles. The molecule has 2 rings (SSSR count). The van der Waals surface area contributed by atoms with Crippen molar-refractivity contribution >= 4 is 63.2 Å². The highest BCUT2D eigenvalue weighted by molar-refractivity contribution is 6.77. The van der Waals surface area contributed by atoms with E-state index in [9.17, 15) is 4.79 Å². The molecule has 108 valence electrons. The number of halogens is 4. The minimum Gasteiger partial charge on any atom is -0.270 e. The fourth-order valence-corrected chi connectivity index (χ4v) is 2.84. The summed E-state index contributed by atoms with van der Waals surface area (Å²) in [5.74, 6) is -0.516. The predicted octanol–water partition coefficient (Wildman–Crippen LogP) is 4.92. The summed E-state index contributed by atoms with van der Waals surface area (Å²) in [7, 11) is 0. The lowest BCUT2D eigenvalue weighted by Gasteiger charge is -2.26. The van der Waals surface area contributed by atoms with Gasteiger partial charge in [0.05, 0.1) is 15.7 Å². The molecule has 2 unspecified atom stereocenters. The Morgan fingerprint density at radius 1 is 1.30 bits per heavy atom. The van der Waals surface area contributed by atoms with E-state index in [1.165, 1.54) is 5.01 Å². The maximum atomic E-state index is 12.6. The monoisotopic (exact) mass is 352 g/mol. The zero-order chi connectivity index (χ0) is 15.1. The molecule has 0 saturated carbocycles. The molecule has 1 aromatic rings. The Bertz CT molecular complexity index is 590. The van der Waals surface area contributed by atoms with Crippen molar-refractivity contribution in [2.45, 2.75) is 25.1 Å². The van der Waals surface area contributed by atoms with Gasteiger partial charge in [0.2, 0.25) is 0 Å². The van der Waals surface area contributed by atoms with Crippen molar-refractivity contribution in [3.8, 4) is 0 Å². The number of hydrazone groups is 1. The van der Waals surface area contributed by atoms with Crippen LogP contribution in [0.3, 0.4) is 0 Å². The van der Waals surface area contributed by atoms with Crippen molar-refractivity contribution in [1.29, 1.82) is 0 Å². The molecule has 0 N–H and O–H groups in total. The van der Waals surface area contributed by atoms with Gasteiger partial charge in [0.25, 0.3) is 5.91 Å². The molecule has 0 aromatic heterocycles. The molecule has 0 bridgehead atoms. The third-order valence-electron chi connectivity index (χ3n) is 3.43. The first-order valence-corrected chi connectivity index (χ1v) is 7.56. The number of amides is 1. The second-order valence-corrected chi connectivity index (χ2v) is 6.40. The van der Waals surface area contributed by atoms with E-state index in [0.717, 1.165) is 0 Å². The number of hydrogen-bond donors (Lipinski definition) is 0. The summed E-state index contributed by atoms with van der Waals surface area (Å²) in [4.78, 5) is 11.2. The van der Waals surface area contributed by atoms with E-state index in [1.54, 1.807) is 18.2 Å². The van der Waals surface area contributed by atoms with Gasteiger partial charge in [0.1, 0.15) is 0 Å². The Kier molecular flexibility index (Phi) is 4.55. The standard InChI is InChI=1S/C13H12Cl4N2O/c1-3-7(2)13(17)11(16)18-19(12(13)20)8-4-5-9(14)10(15)6-8/h4-7H,3H2,1-2H3. The van der Waals surface area contributed by atoms with Crippen LogP contribution in [-0.2, 0) is 4.79 Å². The van der Waals surface area contributed by atoms with Crippen LogP contribution in [0.25, 0.3) is 0 Å². The fourth-order valence-electron chi connectivity index (χ4n) is 1.94. The van der Waals surface area contributed by atoms with Crippen LogP contribution >= 0.6 is 46.4 Å². The van der Waals surface area contributed by atoms with Crippen molar-refractivity contribution in [3.63, 3.8) is 0 Å². The van der Waals surface area contributed by atoms with E-state index in [2.05, 4.69) is 5.10 Å². The molecule has 0 spiro atoms. The fraction of sp³-hybridized carbons (Fsp3) is 0.385. The highest BCUT2D eigenvalue weighted by Crippen LogP contribution is 2.40. The molecule has 0 radical (unpaired) electrons. The van der Waals surface area contributed by atoms with Gasteiger partial charge in [0, 0.05) is 0 Å². The number of carbonyl (C=O) groups excluding carboxylic acids is 1. The molecule has 1 aliphatic heterocycles. The molecular weight excluding hydrogens is 342 g/mol. The van der Waals surface area contributed by atoms with Gasteiger partial charge >= 0.3 is 0 Å². The summed E-state index contributed by atoms with van der Waals surface area (Å²) in [6.07, 6.45) is 0.705. The largest absolute Gasteiger partial charge is 0.276 e. The average molecular weight is 354 g/mol. The Labute approximate surface area is 137 Å². The Balaban J connectivity index is 2.42. The van der Waals surface area contributed by atoms with E-state index >= 15 is 0 Å². The summed E-state index contributed by atoms with van der Waals surface area (Å²) in [6.45, 7) is 3.80. The third kappa shape index (κ3) is 2.41. The molecule has 0 aliphatic carbocycles. The van der Waals surface area contributed by atoms with Gasteiger partial charge in [-0.05, 0) is 24.1 Å². The highest BCUT2D eigenvalue weighted by atomic mass is 35.5. The molecule has 2 atom stereocenters. The van der Waals surface area contributed by atoms with Crippen LogP contribution in [0.4, 0.5) is 5.69 Å². The summed E-state index contributed by atoms with van der Waals surface area (Å²) in [6, 6.07) is 4.78. The predicted molar refractivity (Wildman–Crippen MR) is 85.3 cm³/mol. The first-order valence-electron chi connectivity index (χ1n) is 6.05. The van der Waals surface area contributed by atoms with Gasteiger partial charge in [0.15, 0.2) is 10.0 Å². The van der Waals surface area contributed by atoms with Gasteiger partial charge in [-0.1, -0.05) is 55.1 Å². The smallest absolute Gasteiger partial charge is 0.270 e. The molecule has 7 heteroatoms. The van der Waals surface area contributed by atoms with Gasteiger partial charge < -0.3 is 0 Å². The molecular formula is C13H12Cl4N2O. The van der Waals surface area contributed by atoms with Crippen LogP contribution in [0.2, 0.25) is 10.0 Å². The summed E-state index contributed by atoms with van der Waals surface area (Å²) in [5.41, 5.74) is 0.480. The van der Waals surface area contributed by atoms with E-state index in [-0.39, 0.29) is 17.0 Å². The molecule has 20 heavy (non-hydrogen) atoms. The van der Waals surface area contributed by atoms with Crippen molar-refractivity contribution in [2.24, 2.45) is 11.0 Å². The lowest BCUT2D eigenvalue weighted by Crippen LogP contribution is -2.45. The van der Waals surface area contributed by atoms with Crippen molar-refractivity contribution in [2.75, 3.05) is 5.01 Å². The van der Waals surface area contributed by atoms with Crippen molar-refractivity contribution < 1.29 is 4.79 Å². The van der Waals surface area contributed by atoms with E-state index in [1.807, 2.05) is 13.8 Å². The van der Waals surface area contributed by atoms with Gasteiger partial charge in [-0.2, -0.15) is 10.1 Å². The number of anilines is 1. The van der Waals surface area contributed by atoms with Gasteiger partial charge in [-0.15, -0.1) is 11.6 Å². The first-order chi connectivity index (χ1) is 9.32. The van der Waals surface area contributed by atoms with Crippen LogP contribution in [0.15, 0.2) is 23.3 Å². The summed E-state index contributed by atoms with van der Waals surface area (Å²) in [5, 5.41) is 6.04. The SMILES string of the molecule is CCC(C)C1(Cl)C(=O)N(c2ccc(Cl)c(Cl)c2)N=C1Cl. The average Bonchev–Trinajstić information content (AvgIpc) is 2.66. The molecule has 3 nitrogen and oxygen atoms in total. The zero-order valence-corrected chi connectivity index (χ0v) is 13.9. The molecule has 0 fully saturated rings. The van der Waals surface area contributed by atoms with Crippen LogP contribution in [0.1, 0.15) is 20.3 Å². The maximum absolute atomic E-state index is 12.6. The lowest BCUT2D eigenvalue weighted by atomic mass is 9.91. The second kappa shape index (κ2) is 5.72. The van der Waals surface area contributed by atoms with Crippen LogP contribution in [0.5, 0.6) is 0 Å². The molecule has 0 saturated heterocycles. The van der Waals surface area contributed by atoms with Crippen LogP contribution in [-0.4, -0.2) is 16.0 Å². The Morgan fingerprint density at radius 3 is 2.50 bits per heavy atom. The van der Waals surface area contributed by atoms with E-state index < -0.39 is 4.87 Å². The third-order valence-corrected chi connectivity index (χ3v) is 5.35.